The van der Waals surface area contributed by atoms with Crippen molar-refractivity contribution < 1.29 is 19.1 Å². The number of carbonyl (C=O) groups excluding carboxylic acids is 2. The van der Waals surface area contributed by atoms with Crippen LogP contribution in [-0.4, -0.2) is 48.7 Å². The summed E-state index contributed by atoms with van der Waals surface area (Å²) in [7, 11) is 1.61. The van der Waals surface area contributed by atoms with Crippen LogP contribution in [0, 0.1) is 6.92 Å². The molecule has 0 unspecified atom stereocenters. The summed E-state index contributed by atoms with van der Waals surface area (Å²) >= 11 is 0. The van der Waals surface area contributed by atoms with Crippen molar-refractivity contribution in [1.29, 1.82) is 0 Å². The molecule has 130 valence electrons. The van der Waals surface area contributed by atoms with Crippen LogP contribution in [0.3, 0.4) is 0 Å². The van der Waals surface area contributed by atoms with Gasteiger partial charge in [0, 0.05) is 24.6 Å². The summed E-state index contributed by atoms with van der Waals surface area (Å²) in [6, 6.07) is 3.68. The van der Waals surface area contributed by atoms with Crippen LogP contribution in [0.2, 0.25) is 0 Å². The average molecular weight is 332 g/mol. The third-order valence-corrected chi connectivity index (χ3v) is 4.49. The van der Waals surface area contributed by atoms with Crippen molar-refractivity contribution in [3.8, 4) is 5.75 Å². The fourth-order valence-corrected chi connectivity index (χ4v) is 3.48. The maximum atomic E-state index is 12.5. The molecule has 2 aliphatic rings. The van der Waals surface area contributed by atoms with Gasteiger partial charge in [0.15, 0.2) is 0 Å². The van der Waals surface area contributed by atoms with Gasteiger partial charge in [-0.25, -0.2) is 4.79 Å². The number of benzene rings is 1. The van der Waals surface area contributed by atoms with Crippen LogP contribution in [0.4, 0.5) is 4.79 Å². The van der Waals surface area contributed by atoms with E-state index in [1.807, 2.05) is 39.8 Å². The molecule has 0 aliphatic carbocycles. The van der Waals surface area contributed by atoms with Crippen molar-refractivity contribution in [3.05, 3.63) is 28.8 Å². The molecule has 2 atom stereocenters. The van der Waals surface area contributed by atoms with Gasteiger partial charge in [0.2, 0.25) is 0 Å². The number of aryl methyl sites for hydroxylation is 1. The molecule has 1 saturated heterocycles. The molecule has 0 spiro atoms. The Bertz CT molecular complexity index is 693. The summed E-state index contributed by atoms with van der Waals surface area (Å²) in [4.78, 5) is 26.5. The van der Waals surface area contributed by atoms with Crippen molar-refractivity contribution in [2.45, 2.75) is 45.3 Å². The number of nitrogens with zero attached hydrogens (tertiary/aromatic N) is 1. The number of methoxy groups -OCH3 is 1. The monoisotopic (exact) mass is 332 g/mol. The lowest BCUT2D eigenvalue weighted by Crippen LogP contribution is -2.45. The van der Waals surface area contributed by atoms with Crippen LogP contribution in [0.25, 0.3) is 0 Å². The first-order valence-electron chi connectivity index (χ1n) is 8.17. The Hall–Kier alpha value is -2.24. The molecule has 1 aromatic carbocycles. The van der Waals surface area contributed by atoms with Gasteiger partial charge in [0.05, 0.1) is 13.2 Å². The van der Waals surface area contributed by atoms with Crippen LogP contribution < -0.4 is 10.1 Å². The van der Waals surface area contributed by atoms with Crippen LogP contribution in [0.5, 0.6) is 5.75 Å². The standard InChI is InChI=1S/C18H24N2O4/c1-10-6-11(23-5)7-12-13-8-20(17(22)24-18(2,3)4)9-14(13)19-16(21)15(10)12/h6-7,13-14H,8-9H2,1-5H3,(H,19,21)/t13-,14+/m1/s1. The largest absolute Gasteiger partial charge is 0.497 e. The van der Waals surface area contributed by atoms with E-state index in [0.717, 1.165) is 16.9 Å². The number of amides is 2. The third kappa shape index (κ3) is 2.92. The highest BCUT2D eigenvalue weighted by Crippen LogP contribution is 2.37. The van der Waals surface area contributed by atoms with E-state index in [0.29, 0.717) is 18.7 Å². The molecule has 3 rings (SSSR count). The van der Waals surface area contributed by atoms with Crippen molar-refractivity contribution in [2.24, 2.45) is 0 Å². The number of hydrogen-bond acceptors (Lipinski definition) is 4. The van der Waals surface area contributed by atoms with Crippen LogP contribution in [0.1, 0.15) is 48.2 Å². The molecule has 6 heteroatoms. The third-order valence-electron chi connectivity index (χ3n) is 4.49. The molecule has 0 radical (unpaired) electrons. The second-order valence-electron chi connectivity index (χ2n) is 7.48. The van der Waals surface area contributed by atoms with E-state index in [4.69, 9.17) is 9.47 Å². The minimum atomic E-state index is -0.536. The number of carbonyl (C=O) groups is 2. The van der Waals surface area contributed by atoms with Gasteiger partial charge in [-0.15, -0.1) is 0 Å². The molecule has 2 aliphatic heterocycles. The van der Waals surface area contributed by atoms with E-state index < -0.39 is 5.60 Å². The maximum absolute atomic E-state index is 12.5. The number of hydrogen-bond donors (Lipinski definition) is 1. The average Bonchev–Trinajstić information content (AvgIpc) is 2.89. The minimum Gasteiger partial charge on any atom is -0.497 e. The van der Waals surface area contributed by atoms with Gasteiger partial charge in [-0.3, -0.25) is 4.79 Å². The highest BCUT2D eigenvalue weighted by Gasteiger charge is 2.43. The zero-order valence-corrected chi connectivity index (χ0v) is 14.8. The Morgan fingerprint density at radius 3 is 2.62 bits per heavy atom. The molecule has 0 aromatic heterocycles. The number of ether oxygens (including phenoxy) is 2. The highest BCUT2D eigenvalue weighted by molar-refractivity contribution is 5.99. The van der Waals surface area contributed by atoms with Crippen molar-refractivity contribution in [1.82, 2.24) is 10.2 Å². The first kappa shape index (κ1) is 16.6. The van der Waals surface area contributed by atoms with Gasteiger partial charge in [-0.1, -0.05) is 0 Å². The number of fused-ring (bicyclic) bond motifs is 3. The zero-order valence-electron chi connectivity index (χ0n) is 14.8. The fourth-order valence-electron chi connectivity index (χ4n) is 3.48. The molecule has 2 amide bonds. The molecular weight excluding hydrogens is 308 g/mol. The minimum absolute atomic E-state index is 0.0546. The number of rotatable bonds is 1. The second kappa shape index (κ2) is 5.69. The molecular formula is C18H24N2O4. The van der Waals surface area contributed by atoms with E-state index in [-0.39, 0.29) is 24.0 Å². The van der Waals surface area contributed by atoms with E-state index in [1.165, 1.54) is 0 Å². The van der Waals surface area contributed by atoms with Crippen molar-refractivity contribution in [3.63, 3.8) is 0 Å². The Morgan fingerprint density at radius 1 is 1.29 bits per heavy atom. The van der Waals surface area contributed by atoms with E-state index in [9.17, 15) is 9.59 Å². The zero-order chi connectivity index (χ0) is 17.6. The second-order valence-corrected chi connectivity index (χ2v) is 7.48. The van der Waals surface area contributed by atoms with Gasteiger partial charge in [-0.05, 0) is 51.0 Å². The Balaban J connectivity index is 1.90. The predicted molar refractivity (Wildman–Crippen MR) is 89.5 cm³/mol. The first-order chi connectivity index (χ1) is 11.2. The smallest absolute Gasteiger partial charge is 0.410 e. The molecule has 1 fully saturated rings. The fraction of sp³-hybridized carbons (Fsp3) is 0.556. The molecule has 2 heterocycles. The van der Waals surface area contributed by atoms with E-state index >= 15 is 0 Å². The molecule has 1 aromatic rings. The summed E-state index contributed by atoms with van der Waals surface area (Å²) in [6.45, 7) is 8.43. The van der Waals surface area contributed by atoms with Gasteiger partial charge in [0.25, 0.3) is 5.91 Å². The molecule has 1 N–H and O–H groups in total. The summed E-state index contributed by atoms with van der Waals surface area (Å²) in [6.07, 6.45) is -0.340. The summed E-state index contributed by atoms with van der Waals surface area (Å²) in [5.41, 5.74) is 2.00. The first-order valence-corrected chi connectivity index (χ1v) is 8.17. The van der Waals surface area contributed by atoms with Gasteiger partial charge >= 0.3 is 6.09 Å². The highest BCUT2D eigenvalue weighted by atomic mass is 16.6. The Labute approximate surface area is 142 Å². The molecule has 6 nitrogen and oxygen atoms in total. The molecule has 24 heavy (non-hydrogen) atoms. The van der Waals surface area contributed by atoms with Gasteiger partial charge in [0.1, 0.15) is 11.4 Å². The van der Waals surface area contributed by atoms with Crippen LogP contribution in [-0.2, 0) is 4.74 Å². The molecule has 0 saturated carbocycles. The van der Waals surface area contributed by atoms with Gasteiger partial charge in [-0.2, -0.15) is 0 Å². The van der Waals surface area contributed by atoms with Gasteiger partial charge < -0.3 is 19.7 Å². The van der Waals surface area contributed by atoms with Crippen molar-refractivity contribution >= 4 is 12.0 Å². The topological polar surface area (TPSA) is 67.9 Å². The maximum Gasteiger partial charge on any atom is 0.410 e. The predicted octanol–water partition coefficient (Wildman–Crippen LogP) is 2.45. The lowest BCUT2D eigenvalue weighted by molar-refractivity contribution is 0.0288. The normalized spacial score (nSPS) is 22.5. The van der Waals surface area contributed by atoms with Crippen LogP contribution in [0.15, 0.2) is 12.1 Å². The van der Waals surface area contributed by atoms with Crippen LogP contribution >= 0.6 is 0 Å². The van der Waals surface area contributed by atoms with Crippen molar-refractivity contribution in [2.75, 3.05) is 20.2 Å². The SMILES string of the molecule is COc1cc(C)c2c(c1)[C@H]1CN(C(=O)OC(C)(C)C)C[C@@H]1NC2=O. The van der Waals surface area contributed by atoms with E-state index in [2.05, 4.69) is 5.32 Å². The molecule has 0 bridgehead atoms. The Morgan fingerprint density at radius 2 is 2.00 bits per heavy atom. The van der Waals surface area contributed by atoms with E-state index in [1.54, 1.807) is 12.0 Å². The summed E-state index contributed by atoms with van der Waals surface area (Å²) in [5, 5.41) is 3.03. The lowest BCUT2D eigenvalue weighted by atomic mass is 9.84. The Kier molecular flexibility index (Phi) is 3.94. The quantitative estimate of drug-likeness (QED) is 0.858. The lowest BCUT2D eigenvalue weighted by Gasteiger charge is -2.29. The summed E-state index contributed by atoms with van der Waals surface area (Å²) in [5.74, 6) is 0.701. The summed E-state index contributed by atoms with van der Waals surface area (Å²) < 4.78 is 10.8. The number of likely N-dealkylation sites (tertiary alicyclic amines) is 1. The number of nitrogens with one attached hydrogen (secondary N) is 1.